The molecule has 19 heavy (non-hydrogen) atoms. The van der Waals surface area contributed by atoms with E-state index >= 15 is 0 Å². The maximum Gasteiger partial charge on any atom is 0.323 e. The van der Waals surface area contributed by atoms with Gasteiger partial charge in [0.2, 0.25) is 5.91 Å². The molecule has 102 valence electrons. The second kappa shape index (κ2) is 5.17. The molecule has 0 aromatic carbocycles. The number of carboxylic acid groups (broad SMARTS) is 1. The number of aliphatic carboxylic acids is 1. The largest absolute Gasteiger partial charge is 0.480 e. The lowest BCUT2D eigenvalue weighted by Gasteiger charge is -2.28. The molecule has 1 aromatic rings. The van der Waals surface area contributed by atoms with Crippen molar-refractivity contribution in [1.82, 2.24) is 4.90 Å². The first-order valence-corrected chi connectivity index (χ1v) is 8.30. The number of rotatable bonds is 4. The van der Waals surface area contributed by atoms with Crippen LogP contribution >= 0.6 is 23.1 Å². The Balaban J connectivity index is 1.81. The lowest BCUT2D eigenvalue weighted by molar-refractivity contribution is -0.144. The molecule has 0 spiro atoms. The van der Waals surface area contributed by atoms with E-state index in [1.165, 1.54) is 4.88 Å². The third kappa shape index (κ3) is 2.65. The topological polar surface area (TPSA) is 57.6 Å². The minimum absolute atomic E-state index is 0.0192. The Morgan fingerprint density at radius 3 is 2.89 bits per heavy atom. The number of aryl methyl sites for hydroxylation is 1. The van der Waals surface area contributed by atoms with Crippen LogP contribution in [0.3, 0.4) is 0 Å². The summed E-state index contributed by atoms with van der Waals surface area (Å²) in [5.74, 6) is -0.00368. The number of carboxylic acids is 1. The van der Waals surface area contributed by atoms with Crippen LogP contribution in [0.2, 0.25) is 0 Å². The molecule has 4 nitrogen and oxygen atoms in total. The molecule has 1 aromatic heterocycles. The maximum atomic E-state index is 12.6. The fourth-order valence-electron chi connectivity index (χ4n) is 2.42. The van der Waals surface area contributed by atoms with Crippen LogP contribution in [0.4, 0.5) is 0 Å². The van der Waals surface area contributed by atoms with Gasteiger partial charge in [0.05, 0.1) is 0 Å². The number of fused-ring (bicyclic) bond motifs is 1. The highest BCUT2D eigenvalue weighted by molar-refractivity contribution is 8.00. The minimum atomic E-state index is -0.924. The molecule has 2 heterocycles. The molecule has 3 rings (SSSR count). The number of thioether (sulfide) groups is 1. The number of hydrogen-bond acceptors (Lipinski definition) is 4. The van der Waals surface area contributed by atoms with Crippen LogP contribution in [0, 0.1) is 0 Å². The maximum absolute atomic E-state index is 12.6. The average molecular weight is 297 g/mol. The van der Waals surface area contributed by atoms with Crippen molar-refractivity contribution in [1.29, 1.82) is 0 Å². The van der Waals surface area contributed by atoms with E-state index in [0.29, 0.717) is 0 Å². The van der Waals surface area contributed by atoms with Crippen molar-refractivity contribution in [3.05, 3.63) is 21.9 Å². The lowest BCUT2D eigenvalue weighted by atomic mass is 10.1. The molecule has 1 fully saturated rings. The first-order valence-electron chi connectivity index (χ1n) is 6.37. The van der Waals surface area contributed by atoms with E-state index in [1.54, 1.807) is 28.0 Å². The van der Waals surface area contributed by atoms with Crippen molar-refractivity contribution in [2.75, 3.05) is 12.3 Å². The Morgan fingerprint density at radius 2 is 2.21 bits per heavy atom. The summed E-state index contributed by atoms with van der Waals surface area (Å²) in [6.07, 6.45) is 2.89. The van der Waals surface area contributed by atoms with Crippen LogP contribution in [-0.4, -0.2) is 40.2 Å². The van der Waals surface area contributed by atoms with Crippen LogP contribution in [0.15, 0.2) is 11.4 Å². The number of thiophene rings is 1. The molecule has 1 aliphatic carbocycles. The molecule has 0 saturated heterocycles. The van der Waals surface area contributed by atoms with E-state index < -0.39 is 5.97 Å². The summed E-state index contributed by atoms with van der Waals surface area (Å²) in [6.45, 7) is -0.167. The number of nitrogens with zero attached hydrogens (tertiary/aromatic N) is 1. The van der Waals surface area contributed by atoms with Crippen LogP contribution in [-0.2, 0) is 16.0 Å². The molecule has 1 aliphatic heterocycles. The average Bonchev–Trinajstić information content (AvgIpc) is 3.11. The van der Waals surface area contributed by atoms with Gasteiger partial charge in [-0.3, -0.25) is 9.59 Å². The van der Waals surface area contributed by atoms with Gasteiger partial charge in [0, 0.05) is 10.9 Å². The monoisotopic (exact) mass is 297 g/mol. The molecular weight excluding hydrogens is 282 g/mol. The quantitative estimate of drug-likeness (QED) is 0.925. The Bertz CT molecular complexity index is 510. The Labute approximate surface area is 119 Å². The molecule has 0 unspecified atom stereocenters. The number of carbonyl (C=O) groups excluding carboxylic acids is 1. The normalized spacial score (nSPS) is 21.8. The summed E-state index contributed by atoms with van der Waals surface area (Å²) in [4.78, 5) is 26.4. The highest BCUT2D eigenvalue weighted by atomic mass is 32.2. The highest BCUT2D eigenvalue weighted by Gasteiger charge is 2.39. The van der Waals surface area contributed by atoms with Gasteiger partial charge >= 0.3 is 5.97 Å². The van der Waals surface area contributed by atoms with E-state index in [0.717, 1.165) is 30.6 Å². The van der Waals surface area contributed by atoms with Crippen molar-refractivity contribution in [3.63, 3.8) is 0 Å². The summed E-state index contributed by atoms with van der Waals surface area (Å²) in [7, 11) is 0. The van der Waals surface area contributed by atoms with E-state index in [2.05, 4.69) is 0 Å². The summed E-state index contributed by atoms with van der Waals surface area (Å²) >= 11 is 3.34. The molecule has 1 N–H and O–H groups in total. The Morgan fingerprint density at radius 1 is 1.42 bits per heavy atom. The summed E-state index contributed by atoms with van der Waals surface area (Å²) in [5, 5.41) is 10.8. The van der Waals surface area contributed by atoms with Gasteiger partial charge in [0.15, 0.2) is 0 Å². The Hall–Kier alpha value is -1.01. The van der Waals surface area contributed by atoms with Gasteiger partial charge in [0.1, 0.15) is 11.8 Å². The second-order valence-electron chi connectivity index (χ2n) is 4.89. The van der Waals surface area contributed by atoms with Gasteiger partial charge in [-0.1, -0.05) is 0 Å². The highest BCUT2D eigenvalue weighted by Crippen LogP contribution is 2.42. The Kier molecular flexibility index (Phi) is 3.54. The van der Waals surface area contributed by atoms with E-state index in [1.807, 2.05) is 11.4 Å². The standard InChI is InChI=1S/C13H15NO3S2/c15-11(16)7-14(8-1-2-8)13(17)12-9-3-5-18-10(9)4-6-19-12/h3,5,8,12H,1-2,4,6-7H2,(H,15,16)/t12-/m1/s1. The molecule has 2 aliphatic rings. The fraction of sp³-hybridized carbons (Fsp3) is 0.538. The van der Waals surface area contributed by atoms with Crippen molar-refractivity contribution in [2.45, 2.75) is 30.6 Å². The molecule has 1 atom stereocenters. The second-order valence-corrected chi connectivity index (χ2v) is 7.10. The fourth-order valence-corrected chi connectivity index (χ4v) is 4.78. The summed E-state index contributed by atoms with van der Waals surface area (Å²) < 4.78 is 0. The van der Waals surface area contributed by atoms with Crippen LogP contribution < -0.4 is 0 Å². The minimum Gasteiger partial charge on any atom is -0.480 e. The zero-order valence-electron chi connectivity index (χ0n) is 10.4. The predicted octanol–water partition coefficient (Wildman–Crippen LogP) is 2.15. The molecule has 1 saturated carbocycles. The van der Waals surface area contributed by atoms with Gasteiger partial charge in [-0.2, -0.15) is 0 Å². The number of carbonyl (C=O) groups is 2. The first-order chi connectivity index (χ1) is 9.16. The van der Waals surface area contributed by atoms with Crippen molar-refractivity contribution >= 4 is 35.0 Å². The van der Waals surface area contributed by atoms with Gasteiger partial charge in [-0.15, -0.1) is 23.1 Å². The number of amides is 1. The lowest BCUT2D eigenvalue weighted by Crippen LogP contribution is -2.40. The number of hydrogen-bond donors (Lipinski definition) is 1. The van der Waals surface area contributed by atoms with Gasteiger partial charge in [-0.25, -0.2) is 0 Å². The van der Waals surface area contributed by atoms with Crippen LogP contribution in [0.1, 0.15) is 28.5 Å². The van der Waals surface area contributed by atoms with E-state index in [9.17, 15) is 9.59 Å². The van der Waals surface area contributed by atoms with E-state index in [-0.39, 0.29) is 23.7 Å². The predicted molar refractivity (Wildman–Crippen MR) is 75.6 cm³/mol. The molecule has 6 heteroatoms. The zero-order chi connectivity index (χ0) is 13.4. The molecule has 0 bridgehead atoms. The summed E-state index contributed by atoms with van der Waals surface area (Å²) in [5.41, 5.74) is 1.10. The van der Waals surface area contributed by atoms with E-state index in [4.69, 9.17) is 5.11 Å². The van der Waals surface area contributed by atoms with Crippen molar-refractivity contribution < 1.29 is 14.7 Å². The van der Waals surface area contributed by atoms with Crippen LogP contribution in [0.25, 0.3) is 0 Å². The van der Waals surface area contributed by atoms with Gasteiger partial charge < -0.3 is 10.0 Å². The molecule has 1 amide bonds. The zero-order valence-corrected chi connectivity index (χ0v) is 12.0. The SMILES string of the molecule is O=C(O)CN(C(=O)[C@@H]1SCCc2sccc21)C1CC1. The molecular formula is C13H15NO3S2. The van der Waals surface area contributed by atoms with Crippen molar-refractivity contribution in [2.24, 2.45) is 0 Å². The molecule has 0 radical (unpaired) electrons. The third-order valence-electron chi connectivity index (χ3n) is 3.48. The van der Waals surface area contributed by atoms with Crippen LogP contribution in [0.5, 0.6) is 0 Å². The third-order valence-corrected chi connectivity index (χ3v) is 5.70. The van der Waals surface area contributed by atoms with Gasteiger partial charge in [-0.05, 0) is 42.0 Å². The summed E-state index contributed by atoms with van der Waals surface area (Å²) in [6, 6.07) is 2.16. The van der Waals surface area contributed by atoms with Gasteiger partial charge in [0.25, 0.3) is 0 Å². The van der Waals surface area contributed by atoms with Crippen molar-refractivity contribution in [3.8, 4) is 0 Å². The smallest absolute Gasteiger partial charge is 0.323 e. The first kappa shape index (κ1) is 13.0.